The number of phenols is 1. The van der Waals surface area contributed by atoms with Gasteiger partial charge in [0.15, 0.2) is 0 Å². The second kappa shape index (κ2) is 7.45. The molecule has 1 aromatic carbocycles. The van der Waals surface area contributed by atoms with Gasteiger partial charge in [-0.3, -0.25) is 14.5 Å². The van der Waals surface area contributed by atoms with E-state index in [9.17, 15) is 14.7 Å². The zero-order valence-electron chi connectivity index (χ0n) is 15.4. The van der Waals surface area contributed by atoms with E-state index in [0.717, 1.165) is 31.5 Å². The first kappa shape index (κ1) is 19.0. The average molecular weight is 380 g/mol. The van der Waals surface area contributed by atoms with Crippen LogP contribution >= 0.6 is 11.6 Å². The molecule has 1 aromatic rings. The van der Waals surface area contributed by atoms with Gasteiger partial charge < -0.3 is 14.9 Å². The van der Waals surface area contributed by atoms with E-state index in [4.69, 9.17) is 11.6 Å². The first-order valence-electron chi connectivity index (χ1n) is 9.01. The predicted molar refractivity (Wildman–Crippen MR) is 100 cm³/mol. The summed E-state index contributed by atoms with van der Waals surface area (Å²) < 4.78 is 0. The summed E-state index contributed by atoms with van der Waals surface area (Å²) in [6.07, 6.45) is 2.44. The molecule has 7 heteroatoms. The number of piperazine rings is 1. The molecule has 2 fully saturated rings. The minimum absolute atomic E-state index is 0.0219. The lowest BCUT2D eigenvalue weighted by Gasteiger charge is -2.49. The highest BCUT2D eigenvalue weighted by atomic mass is 35.5. The van der Waals surface area contributed by atoms with Crippen LogP contribution in [-0.2, 0) is 16.0 Å². The predicted octanol–water partition coefficient (Wildman–Crippen LogP) is 1.74. The zero-order valence-corrected chi connectivity index (χ0v) is 16.1. The van der Waals surface area contributed by atoms with E-state index in [2.05, 4.69) is 11.9 Å². The Balaban J connectivity index is 1.71. The largest absolute Gasteiger partial charge is 0.506 e. The summed E-state index contributed by atoms with van der Waals surface area (Å²) in [5.41, 5.74) is 0.655. The van der Waals surface area contributed by atoms with E-state index < -0.39 is 0 Å². The Morgan fingerprint density at radius 2 is 2.00 bits per heavy atom. The number of aromatic hydroxyl groups is 1. The normalized spacial score (nSPS) is 24.8. The van der Waals surface area contributed by atoms with Gasteiger partial charge in [-0.2, -0.15) is 0 Å². The van der Waals surface area contributed by atoms with Crippen LogP contribution in [0.25, 0.3) is 0 Å². The summed E-state index contributed by atoms with van der Waals surface area (Å²) in [7, 11) is 3.94. The Labute approximate surface area is 159 Å². The minimum Gasteiger partial charge on any atom is -0.506 e. The Kier molecular flexibility index (Phi) is 5.44. The highest BCUT2D eigenvalue weighted by Crippen LogP contribution is 2.32. The number of carbonyl (C=O) groups excluding carboxylic acids is 2. The Morgan fingerprint density at radius 1 is 1.23 bits per heavy atom. The zero-order chi connectivity index (χ0) is 18.9. The minimum atomic E-state index is -0.138. The van der Waals surface area contributed by atoms with Crippen molar-refractivity contribution in [2.45, 2.75) is 31.2 Å². The fourth-order valence-corrected chi connectivity index (χ4v) is 4.12. The molecule has 0 aromatic heterocycles. The van der Waals surface area contributed by atoms with Gasteiger partial charge in [-0.15, -0.1) is 0 Å². The number of likely N-dealkylation sites (tertiary alicyclic amines) is 1. The van der Waals surface area contributed by atoms with E-state index in [-0.39, 0.29) is 34.5 Å². The molecule has 1 atom stereocenters. The molecule has 0 aliphatic carbocycles. The molecule has 3 rings (SSSR count). The molecule has 0 saturated carbocycles. The Morgan fingerprint density at radius 3 is 2.73 bits per heavy atom. The van der Waals surface area contributed by atoms with E-state index in [1.807, 2.05) is 11.9 Å². The Hall–Kier alpha value is -1.79. The third-order valence-electron chi connectivity index (χ3n) is 5.86. The van der Waals surface area contributed by atoms with Crippen molar-refractivity contribution in [3.8, 4) is 5.75 Å². The molecular weight excluding hydrogens is 354 g/mol. The number of halogens is 1. The van der Waals surface area contributed by atoms with E-state index in [0.29, 0.717) is 19.5 Å². The first-order valence-corrected chi connectivity index (χ1v) is 9.39. The lowest BCUT2D eigenvalue weighted by molar-refractivity contribution is -0.136. The maximum Gasteiger partial charge on any atom is 0.227 e. The van der Waals surface area contributed by atoms with Crippen LogP contribution in [0.3, 0.4) is 0 Å². The summed E-state index contributed by atoms with van der Waals surface area (Å²) in [4.78, 5) is 30.9. The van der Waals surface area contributed by atoms with Crippen LogP contribution in [0.1, 0.15) is 24.8 Å². The van der Waals surface area contributed by atoms with Crippen LogP contribution in [0.15, 0.2) is 18.2 Å². The number of hydrogen-bond donors (Lipinski definition) is 1. The summed E-state index contributed by atoms with van der Waals surface area (Å²) in [5.74, 6) is 0.259. The highest BCUT2D eigenvalue weighted by molar-refractivity contribution is 6.32. The molecular formula is C19H26ClN3O3. The molecule has 2 amide bonds. The number of hydrogen-bond acceptors (Lipinski definition) is 4. The monoisotopic (exact) mass is 379 g/mol. The van der Waals surface area contributed by atoms with Gasteiger partial charge in [-0.25, -0.2) is 0 Å². The van der Waals surface area contributed by atoms with E-state index >= 15 is 0 Å². The van der Waals surface area contributed by atoms with Gasteiger partial charge in [0.1, 0.15) is 5.75 Å². The smallest absolute Gasteiger partial charge is 0.227 e. The molecule has 0 bridgehead atoms. The molecule has 2 aliphatic heterocycles. The van der Waals surface area contributed by atoms with Gasteiger partial charge in [0.2, 0.25) is 11.8 Å². The summed E-state index contributed by atoms with van der Waals surface area (Å²) in [5, 5.41) is 9.79. The topological polar surface area (TPSA) is 64.1 Å². The molecule has 2 aliphatic rings. The third-order valence-corrected chi connectivity index (χ3v) is 6.17. The van der Waals surface area contributed by atoms with Crippen LogP contribution < -0.4 is 0 Å². The first-order chi connectivity index (χ1) is 12.3. The van der Waals surface area contributed by atoms with Gasteiger partial charge in [0, 0.05) is 45.2 Å². The maximum atomic E-state index is 12.8. The third kappa shape index (κ3) is 3.81. The van der Waals surface area contributed by atoms with Crippen LogP contribution in [0, 0.1) is 0 Å². The van der Waals surface area contributed by atoms with Crippen molar-refractivity contribution in [1.29, 1.82) is 0 Å². The number of amides is 2. The lowest BCUT2D eigenvalue weighted by atomic mass is 9.86. The van der Waals surface area contributed by atoms with Crippen molar-refractivity contribution in [1.82, 2.24) is 14.7 Å². The molecule has 2 heterocycles. The lowest BCUT2D eigenvalue weighted by Crippen LogP contribution is -2.62. The fraction of sp³-hybridized carbons (Fsp3) is 0.579. The summed E-state index contributed by atoms with van der Waals surface area (Å²) >= 11 is 5.95. The summed E-state index contributed by atoms with van der Waals surface area (Å²) in [6.45, 7) is 2.86. The summed E-state index contributed by atoms with van der Waals surface area (Å²) in [6, 6.07) is 4.88. The fourth-order valence-electron chi connectivity index (χ4n) is 3.92. The van der Waals surface area contributed by atoms with Crippen LogP contribution in [0.2, 0.25) is 5.02 Å². The second-order valence-electron chi connectivity index (χ2n) is 7.49. The number of benzene rings is 1. The van der Waals surface area contributed by atoms with Gasteiger partial charge in [-0.1, -0.05) is 17.7 Å². The van der Waals surface area contributed by atoms with Crippen molar-refractivity contribution in [2.24, 2.45) is 0 Å². The van der Waals surface area contributed by atoms with Crippen molar-refractivity contribution >= 4 is 23.4 Å². The molecule has 6 nitrogen and oxygen atoms in total. The van der Waals surface area contributed by atoms with Crippen molar-refractivity contribution in [2.75, 3.05) is 40.3 Å². The number of carbonyl (C=O) groups is 2. The number of likely N-dealkylation sites (N-methyl/N-ethyl adjacent to an activating group) is 1. The van der Waals surface area contributed by atoms with Crippen molar-refractivity contribution < 1.29 is 14.7 Å². The van der Waals surface area contributed by atoms with Crippen molar-refractivity contribution in [3.63, 3.8) is 0 Å². The Bertz CT molecular complexity index is 711. The molecule has 0 radical (unpaired) electrons. The number of rotatable bonds is 2. The van der Waals surface area contributed by atoms with Crippen molar-refractivity contribution in [3.05, 3.63) is 28.8 Å². The quantitative estimate of drug-likeness (QED) is 0.850. The van der Waals surface area contributed by atoms with Gasteiger partial charge in [0.25, 0.3) is 0 Å². The highest BCUT2D eigenvalue weighted by Gasteiger charge is 2.42. The van der Waals surface area contributed by atoms with Crippen LogP contribution in [-0.4, -0.2) is 77.4 Å². The molecule has 2 saturated heterocycles. The van der Waals surface area contributed by atoms with Crippen LogP contribution in [0.5, 0.6) is 5.75 Å². The second-order valence-corrected chi connectivity index (χ2v) is 7.90. The number of phenolic OH excluding ortho intramolecular Hbond substituents is 1. The molecule has 142 valence electrons. The molecule has 0 unspecified atom stereocenters. The number of nitrogens with zero attached hydrogens (tertiary/aromatic N) is 3. The molecule has 26 heavy (non-hydrogen) atoms. The van der Waals surface area contributed by atoms with Gasteiger partial charge in [0.05, 0.1) is 11.4 Å². The van der Waals surface area contributed by atoms with Gasteiger partial charge in [-0.05, 0) is 37.6 Å². The van der Waals surface area contributed by atoms with Crippen LogP contribution in [0.4, 0.5) is 0 Å². The molecule has 1 spiro atoms. The standard InChI is InChI=1S/C19H26ClN3O3/c1-21-8-7-19(6-5-17(21)25)13-23(10-9-22(19)2)18(26)12-14-3-4-16(24)15(20)11-14/h3-4,11,24H,5-10,12-13H2,1-2H3/t19-/m1/s1. The van der Waals surface area contributed by atoms with E-state index in [1.165, 1.54) is 6.07 Å². The maximum absolute atomic E-state index is 12.8. The SMILES string of the molecule is CN1CC[C@]2(CCC1=O)CN(C(=O)Cc1ccc(O)c(Cl)c1)CCN2C. The van der Waals surface area contributed by atoms with Gasteiger partial charge >= 0.3 is 0 Å². The van der Waals surface area contributed by atoms with E-state index in [1.54, 1.807) is 17.0 Å². The average Bonchev–Trinajstić information content (AvgIpc) is 2.75. The molecule has 1 N–H and O–H groups in total.